The Kier molecular flexibility index (Phi) is 4.86. The summed E-state index contributed by atoms with van der Waals surface area (Å²) < 4.78 is 0. The summed E-state index contributed by atoms with van der Waals surface area (Å²) in [6.07, 6.45) is 0.977. The average Bonchev–Trinajstić information content (AvgIpc) is 2.65. The van der Waals surface area contributed by atoms with E-state index in [0.717, 1.165) is 0 Å². The minimum absolute atomic E-state index is 0.0758. The molecule has 1 fully saturated rings. The van der Waals surface area contributed by atoms with E-state index in [-0.39, 0.29) is 11.9 Å². The van der Waals surface area contributed by atoms with Gasteiger partial charge in [0.2, 0.25) is 5.91 Å². The predicted molar refractivity (Wildman–Crippen MR) is 94.7 cm³/mol. The molecule has 0 saturated carbocycles. The van der Waals surface area contributed by atoms with Crippen molar-refractivity contribution in [3.05, 3.63) is 71.8 Å². The van der Waals surface area contributed by atoms with Crippen LogP contribution in [0.2, 0.25) is 0 Å². The highest BCUT2D eigenvalue weighted by atomic mass is 16.3. The minimum atomic E-state index is -1.78. The number of likely N-dealkylation sites (tertiary alicyclic amines) is 1. The van der Waals surface area contributed by atoms with Gasteiger partial charge in [-0.15, -0.1) is 0 Å². The van der Waals surface area contributed by atoms with Crippen molar-refractivity contribution < 1.29 is 14.7 Å². The van der Waals surface area contributed by atoms with Crippen molar-refractivity contribution in [1.29, 1.82) is 0 Å². The molecule has 1 saturated heterocycles. The summed E-state index contributed by atoms with van der Waals surface area (Å²) in [5.41, 5.74) is -0.749. The number of nitrogens with one attached hydrogen (secondary N) is 1. The van der Waals surface area contributed by atoms with Gasteiger partial charge in [-0.3, -0.25) is 9.59 Å². The molecule has 1 aliphatic heterocycles. The summed E-state index contributed by atoms with van der Waals surface area (Å²) in [5.74, 6) is -0.399. The molecule has 3 rings (SSSR count). The van der Waals surface area contributed by atoms with Crippen LogP contribution in [0.5, 0.6) is 0 Å². The van der Waals surface area contributed by atoms with Crippen LogP contribution in [0, 0.1) is 0 Å². The van der Waals surface area contributed by atoms with E-state index in [1.807, 2.05) is 12.1 Å². The van der Waals surface area contributed by atoms with Gasteiger partial charge in [-0.05, 0) is 17.5 Å². The number of carbonyl (C=O) groups excluding carboxylic acids is 2. The summed E-state index contributed by atoms with van der Waals surface area (Å²) in [6.45, 7) is 0.449. The lowest BCUT2D eigenvalue weighted by atomic mass is 9.85. The smallest absolute Gasteiger partial charge is 0.261 e. The zero-order valence-corrected chi connectivity index (χ0v) is 14.2. The molecular formula is C20H22N2O3. The molecule has 5 nitrogen and oxygen atoms in total. The third-order valence-corrected chi connectivity index (χ3v) is 4.67. The molecule has 1 heterocycles. The zero-order valence-electron chi connectivity index (χ0n) is 14.2. The monoisotopic (exact) mass is 338 g/mol. The van der Waals surface area contributed by atoms with E-state index in [4.69, 9.17) is 0 Å². The second-order valence-corrected chi connectivity index (χ2v) is 6.43. The molecule has 0 bridgehead atoms. The summed E-state index contributed by atoms with van der Waals surface area (Å²) >= 11 is 0. The van der Waals surface area contributed by atoms with E-state index in [1.165, 1.54) is 0 Å². The van der Waals surface area contributed by atoms with Crippen LogP contribution >= 0.6 is 0 Å². The number of amides is 2. The molecule has 130 valence electrons. The van der Waals surface area contributed by atoms with Crippen LogP contribution in [0.4, 0.5) is 0 Å². The number of benzene rings is 2. The van der Waals surface area contributed by atoms with Gasteiger partial charge in [-0.25, -0.2) is 0 Å². The van der Waals surface area contributed by atoms with Gasteiger partial charge in [-0.1, -0.05) is 60.7 Å². The molecule has 1 unspecified atom stereocenters. The maximum Gasteiger partial charge on any atom is 0.261 e. The number of aliphatic hydroxyl groups is 1. The molecule has 25 heavy (non-hydrogen) atoms. The Bertz CT molecular complexity index is 707. The number of hydrogen-bond donors (Lipinski definition) is 2. The van der Waals surface area contributed by atoms with E-state index in [2.05, 4.69) is 5.32 Å². The first-order chi connectivity index (χ1) is 12.0. The van der Waals surface area contributed by atoms with E-state index in [0.29, 0.717) is 30.5 Å². The Morgan fingerprint density at radius 2 is 1.60 bits per heavy atom. The lowest BCUT2D eigenvalue weighted by Gasteiger charge is -2.34. The van der Waals surface area contributed by atoms with Crippen LogP contribution in [-0.4, -0.2) is 41.5 Å². The Balaban J connectivity index is 1.90. The third-order valence-electron chi connectivity index (χ3n) is 4.67. The molecule has 1 atom stereocenters. The topological polar surface area (TPSA) is 69.6 Å². The Morgan fingerprint density at radius 3 is 2.08 bits per heavy atom. The first-order valence-corrected chi connectivity index (χ1v) is 8.40. The average molecular weight is 338 g/mol. The van der Waals surface area contributed by atoms with Gasteiger partial charge in [0.15, 0.2) is 5.60 Å². The molecule has 5 heteroatoms. The second kappa shape index (κ2) is 7.07. The summed E-state index contributed by atoms with van der Waals surface area (Å²) in [5, 5.41) is 14.3. The highest BCUT2D eigenvalue weighted by Gasteiger charge is 2.41. The van der Waals surface area contributed by atoms with Crippen LogP contribution in [0.15, 0.2) is 60.7 Å². The van der Waals surface area contributed by atoms with Gasteiger partial charge in [0.25, 0.3) is 5.91 Å². The number of piperidine rings is 1. The lowest BCUT2D eigenvalue weighted by molar-refractivity contribution is -0.140. The number of hydrogen-bond acceptors (Lipinski definition) is 3. The van der Waals surface area contributed by atoms with E-state index >= 15 is 0 Å². The Hall–Kier alpha value is -2.66. The maximum absolute atomic E-state index is 13.1. The molecule has 1 aliphatic rings. The van der Waals surface area contributed by atoms with Gasteiger partial charge in [0, 0.05) is 26.1 Å². The van der Waals surface area contributed by atoms with Crippen molar-refractivity contribution in [2.24, 2.45) is 0 Å². The van der Waals surface area contributed by atoms with Crippen molar-refractivity contribution in [2.75, 3.05) is 13.6 Å². The molecule has 0 aromatic heterocycles. The molecule has 2 N–H and O–H groups in total. The Labute approximate surface area is 147 Å². The molecule has 2 aromatic carbocycles. The maximum atomic E-state index is 13.1. The van der Waals surface area contributed by atoms with Crippen LogP contribution in [-0.2, 0) is 15.2 Å². The summed E-state index contributed by atoms with van der Waals surface area (Å²) in [6, 6.07) is 17.6. The van der Waals surface area contributed by atoms with E-state index < -0.39 is 11.5 Å². The highest BCUT2D eigenvalue weighted by Crippen LogP contribution is 2.30. The highest BCUT2D eigenvalue weighted by molar-refractivity contribution is 5.90. The lowest BCUT2D eigenvalue weighted by Crippen LogP contribution is -2.54. The minimum Gasteiger partial charge on any atom is -0.372 e. The SMILES string of the molecule is CN1CC(NC(=O)C(O)(c2ccccc2)c2ccccc2)CCC1=O. The fourth-order valence-electron chi connectivity index (χ4n) is 3.21. The number of nitrogens with zero attached hydrogens (tertiary/aromatic N) is 1. The fourth-order valence-corrected chi connectivity index (χ4v) is 3.21. The van der Waals surface area contributed by atoms with Gasteiger partial charge in [-0.2, -0.15) is 0 Å². The summed E-state index contributed by atoms with van der Waals surface area (Å²) in [7, 11) is 1.72. The number of likely N-dealkylation sites (N-methyl/N-ethyl adjacent to an activating group) is 1. The number of rotatable bonds is 4. The van der Waals surface area contributed by atoms with Crippen LogP contribution in [0.1, 0.15) is 24.0 Å². The number of carbonyl (C=O) groups is 2. The van der Waals surface area contributed by atoms with Crippen LogP contribution < -0.4 is 5.32 Å². The molecule has 0 spiro atoms. The molecule has 0 radical (unpaired) electrons. The van der Waals surface area contributed by atoms with Crippen molar-refractivity contribution in [2.45, 2.75) is 24.5 Å². The van der Waals surface area contributed by atoms with Crippen molar-refractivity contribution in [1.82, 2.24) is 10.2 Å². The van der Waals surface area contributed by atoms with E-state index in [9.17, 15) is 14.7 Å². The zero-order chi connectivity index (χ0) is 17.9. The van der Waals surface area contributed by atoms with Gasteiger partial charge >= 0.3 is 0 Å². The van der Waals surface area contributed by atoms with Crippen LogP contribution in [0.3, 0.4) is 0 Å². The molecular weight excluding hydrogens is 316 g/mol. The first-order valence-electron chi connectivity index (χ1n) is 8.40. The summed E-state index contributed by atoms with van der Waals surface area (Å²) in [4.78, 5) is 26.3. The van der Waals surface area contributed by atoms with Crippen molar-refractivity contribution in [3.63, 3.8) is 0 Å². The standard InChI is InChI=1S/C20H22N2O3/c1-22-14-17(12-13-18(22)23)21-19(24)20(25,15-8-4-2-5-9-15)16-10-6-3-7-11-16/h2-11,17,25H,12-14H2,1H3,(H,21,24). The molecule has 2 amide bonds. The van der Waals surface area contributed by atoms with Crippen LogP contribution in [0.25, 0.3) is 0 Å². The quantitative estimate of drug-likeness (QED) is 0.891. The largest absolute Gasteiger partial charge is 0.372 e. The molecule has 0 aliphatic carbocycles. The normalized spacial score (nSPS) is 18.1. The third kappa shape index (κ3) is 3.42. The Morgan fingerprint density at radius 1 is 1.08 bits per heavy atom. The van der Waals surface area contributed by atoms with Gasteiger partial charge < -0.3 is 15.3 Å². The van der Waals surface area contributed by atoms with Gasteiger partial charge in [0.05, 0.1) is 0 Å². The first kappa shape index (κ1) is 17.2. The second-order valence-electron chi connectivity index (χ2n) is 6.43. The van der Waals surface area contributed by atoms with Crippen molar-refractivity contribution in [3.8, 4) is 0 Å². The van der Waals surface area contributed by atoms with E-state index in [1.54, 1.807) is 60.5 Å². The van der Waals surface area contributed by atoms with Gasteiger partial charge in [0.1, 0.15) is 0 Å². The van der Waals surface area contributed by atoms with Crippen molar-refractivity contribution >= 4 is 11.8 Å². The predicted octanol–water partition coefficient (Wildman–Crippen LogP) is 1.66. The fraction of sp³-hybridized carbons (Fsp3) is 0.300. The molecule has 2 aromatic rings.